The summed E-state index contributed by atoms with van der Waals surface area (Å²) in [5.74, 6) is 2.86. The maximum atomic E-state index is 4.77. The second kappa shape index (κ2) is 8.91. The third-order valence-electron chi connectivity index (χ3n) is 4.97. The van der Waals surface area contributed by atoms with Gasteiger partial charge < -0.3 is 4.57 Å². The number of rotatable bonds is 8. The minimum absolute atomic E-state index is 0.323. The van der Waals surface area contributed by atoms with Crippen molar-refractivity contribution < 1.29 is 0 Å². The van der Waals surface area contributed by atoms with Crippen LogP contribution in [-0.4, -0.2) is 40.0 Å². The van der Waals surface area contributed by atoms with Crippen molar-refractivity contribution in [2.75, 3.05) is 0 Å². The smallest absolute Gasteiger partial charge is 0.221 e. The summed E-state index contributed by atoms with van der Waals surface area (Å²) in [5, 5.41) is 19.1. The Labute approximate surface area is 183 Å². The molecule has 0 bridgehead atoms. The molecule has 156 valence electrons. The van der Waals surface area contributed by atoms with E-state index in [2.05, 4.69) is 86.3 Å². The van der Waals surface area contributed by atoms with Crippen LogP contribution in [0.15, 0.2) is 41.0 Å². The molecule has 0 spiro atoms. The monoisotopic (exact) mass is 468 g/mol. The van der Waals surface area contributed by atoms with Crippen molar-refractivity contribution in [1.29, 1.82) is 0 Å². The summed E-state index contributed by atoms with van der Waals surface area (Å²) in [6.45, 7) is 7.18. The van der Waals surface area contributed by atoms with Crippen LogP contribution in [0.2, 0.25) is 0 Å². The highest BCUT2D eigenvalue weighted by molar-refractivity contribution is 9.10. The average Bonchev–Trinajstić information content (AvgIpc) is 3.47. The molecule has 3 heterocycles. The fraction of sp³-hybridized carbons (Fsp3) is 0.381. The van der Waals surface area contributed by atoms with Crippen LogP contribution in [0.3, 0.4) is 0 Å². The van der Waals surface area contributed by atoms with Gasteiger partial charge in [-0.1, -0.05) is 39.3 Å². The summed E-state index contributed by atoms with van der Waals surface area (Å²) in [6, 6.07) is 12.4. The molecule has 0 aliphatic rings. The number of halogens is 1. The van der Waals surface area contributed by atoms with E-state index in [-0.39, 0.29) is 0 Å². The van der Waals surface area contributed by atoms with E-state index in [9.17, 15) is 0 Å². The number of hydrogen-bond acceptors (Lipinski definition) is 5. The van der Waals surface area contributed by atoms with E-state index in [0.717, 1.165) is 46.9 Å². The highest BCUT2D eigenvalue weighted by Gasteiger charge is 2.15. The molecule has 0 saturated carbocycles. The highest BCUT2D eigenvalue weighted by Crippen LogP contribution is 2.27. The first kappa shape index (κ1) is 20.5. The topological polar surface area (TPSA) is 90.1 Å². The summed E-state index contributed by atoms with van der Waals surface area (Å²) in [6.07, 6.45) is 3.22. The van der Waals surface area contributed by atoms with Crippen molar-refractivity contribution >= 4 is 15.9 Å². The first-order valence-electron chi connectivity index (χ1n) is 10.2. The van der Waals surface area contributed by atoms with Gasteiger partial charge in [-0.3, -0.25) is 0 Å². The normalized spacial score (nSPS) is 11.5. The number of benzene rings is 1. The van der Waals surface area contributed by atoms with Gasteiger partial charge >= 0.3 is 0 Å². The second-order valence-corrected chi connectivity index (χ2v) is 8.39. The van der Waals surface area contributed by atoms with E-state index in [1.807, 2.05) is 16.7 Å². The van der Waals surface area contributed by atoms with E-state index in [1.165, 1.54) is 5.56 Å². The van der Waals surface area contributed by atoms with Crippen molar-refractivity contribution in [3.05, 3.63) is 58.2 Å². The lowest BCUT2D eigenvalue weighted by molar-refractivity contribution is 0.610. The molecule has 4 rings (SSSR count). The van der Waals surface area contributed by atoms with Gasteiger partial charge in [-0.05, 0) is 57.4 Å². The molecule has 3 aromatic heterocycles. The maximum Gasteiger partial charge on any atom is 0.221 e. The Kier molecular flexibility index (Phi) is 6.08. The molecule has 0 aliphatic carbocycles. The summed E-state index contributed by atoms with van der Waals surface area (Å²) < 4.78 is 5.03. The van der Waals surface area contributed by atoms with Crippen LogP contribution >= 0.6 is 15.9 Å². The molecule has 0 saturated heterocycles. The Bertz CT molecular complexity index is 1090. The number of hydrogen-bond donors (Lipinski definition) is 1. The molecule has 0 atom stereocenters. The Balaban J connectivity index is 1.59. The number of aromatic amines is 1. The first-order valence-corrected chi connectivity index (χ1v) is 11.0. The van der Waals surface area contributed by atoms with Crippen molar-refractivity contribution in [2.45, 2.75) is 52.5 Å². The predicted octanol–water partition coefficient (Wildman–Crippen LogP) is 4.53. The number of aromatic nitrogens is 8. The minimum atomic E-state index is 0.323. The summed E-state index contributed by atoms with van der Waals surface area (Å²) >= 11 is 3.62. The van der Waals surface area contributed by atoms with E-state index in [0.29, 0.717) is 18.3 Å². The average molecular weight is 469 g/mol. The molecule has 0 aliphatic heterocycles. The fourth-order valence-electron chi connectivity index (χ4n) is 3.33. The number of nitrogens with zero attached hydrogens (tertiary/aromatic N) is 7. The number of aryl methyl sites for hydroxylation is 1. The van der Waals surface area contributed by atoms with Crippen LogP contribution in [0.5, 0.6) is 0 Å². The minimum Gasteiger partial charge on any atom is -0.301 e. The number of tetrazole rings is 1. The molecular weight excluding hydrogens is 444 g/mol. The molecule has 30 heavy (non-hydrogen) atoms. The van der Waals surface area contributed by atoms with Crippen molar-refractivity contribution in [3.63, 3.8) is 0 Å². The Morgan fingerprint density at radius 2 is 1.90 bits per heavy atom. The van der Waals surface area contributed by atoms with Crippen LogP contribution in [0.4, 0.5) is 0 Å². The molecular formula is C21H25BrN8. The van der Waals surface area contributed by atoms with E-state index >= 15 is 0 Å². The highest BCUT2D eigenvalue weighted by atomic mass is 79.9. The van der Waals surface area contributed by atoms with Crippen LogP contribution < -0.4 is 0 Å². The zero-order valence-electron chi connectivity index (χ0n) is 17.4. The second-order valence-electron chi connectivity index (χ2n) is 7.58. The Morgan fingerprint density at radius 1 is 1.10 bits per heavy atom. The molecule has 4 aromatic rings. The van der Waals surface area contributed by atoms with E-state index in [1.54, 1.807) is 0 Å². The van der Waals surface area contributed by atoms with Gasteiger partial charge in [-0.15, -0.1) is 10.2 Å². The Hall–Kier alpha value is -2.81. The molecule has 1 N–H and O–H groups in total. The predicted molar refractivity (Wildman–Crippen MR) is 118 cm³/mol. The van der Waals surface area contributed by atoms with Gasteiger partial charge in [-0.2, -0.15) is 10.3 Å². The third kappa shape index (κ3) is 4.21. The van der Waals surface area contributed by atoms with E-state index in [4.69, 9.17) is 10.1 Å². The lowest BCUT2D eigenvalue weighted by Gasteiger charge is -2.11. The molecule has 1 aromatic carbocycles. The van der Waals surface area contributed by atoms with Gasteiger partial charge in [0.05, 0.1) is 16.8 Å². The van der Waals surface area contributed by atoms with Gasteiger partial charge in [0, 0.05) is 18.0 Å². The Morgan fingerprint density at radius 3 is 2.57 bits per heavy atom. The first-order chi connectivity index (χ1) is 14.6. The number of H-pyrrole nitrogens is 1. The van der Waals surface area contributed by atoms with Gasteiger partial charge in [-0.25, -0.2) is 9.67 Å². The summed E-state index contributed by atoms with van der Waals surface area (Å²) in [4.78, 5) is 4.77. The molecule has 0 unspecified atom stereocenters. The maximum absolute atomic E-state index is 4.77. The quantitative estimate of drug-likeness (QED) is 0.410. The third-order valence-corrected chi connectivity index (χ3v) is 5.59. The number of nitrogens with one attached hydrogen (secondary N) is 1. The zero-order chi connectivity index (χ0) is 21.1. The van der Waals surface area contributed by atoms with Crippen LogP contribution in [0.1, 0.15) is 56.7 Å². The molecule has 9 heteroatoms. The summed E-state index contributed by atoms with van der Waals surface area (Å²) in [5.41, 5.74) is 3.06. The van der Waals surface area contributed by atoms with Gasteiger partial charge in [0.25, 0.3) is 0 Å². The van der Waals surface area contributed by atoms with Crippen LogP contribution in [0, 0.1) is 0 Å². The molecule has 0 amide bonds. The largest absolute Gasteiger partial charge is 0.301 e. The van der Waals surface area contributed by atoms with Crippen molar-refractivity contribution in [1.82, 2.24) is 40.0 Å². The standard InChI is InChI=1S/C21H25BrN8/c1-4-5-6-19-23-20(14(2)3)26-29(19)13-15-7-9-16(10-8-15)30-17(11-12-18(30)22)21-24-27-28-25-21/h7-12,14H,4-6,13H2,1-3H3,(H,24,25,27,28). The molecule has 0 radical (unpaired) electrons. The zero-order valence-corrected chi connectivity index (χ0v) is 19.0. The lowest BCUT2D eigenvalue weighted by Crippen LogP contribution is -2.08. The number of unbranched alkanes of at least 4 members (excludes halogenated alkanes) is 1. The van der Waals surface area contributed by atoms with Crippen molar-refractivity contribution in [2.24, 2.45) is 0 Å². The van der Waals surface area contributed by atoms with Gasteiger partial charge in [0.1, 0.15) is 5.82 Å². The van der Waals surface area contributed by atoms with Crippen LogP contribution in [-0.2, 0) is 13.0 Å². The summed E-state index contributed by atoms with van der Waals surface area (Å²) in [7, 11) is 0. The van der Waals surface area contributed by atoms with Gasteiger partial charge in [0.2, 0.25) is 5.82 Å². The van der Waals surface area contributed by atoms with E-state index < -0.39 is 0 Å². The lowest BCUT2D eigenvalue weighted by atomic mass is 10.2. The fourth-order valence-corrected chi connectivity index (χ4v) is 3.86. The van der Waals surface area contributed by atoms with Crippen molar-refractivity contribution in [3.8, 4) is 17.2 Å². The SMILES string of the molecule is CCCCc1nc(C(C)C)nn1Cc1ccc(-n2c(Br)ccc2-c2nn[nH]n2)cc1. The van der Waals surface area contributed by atoms with Gasteiger partial charge in [0.15, 0.2) is 5.82 Å². The molecule has 0 fully saturated rings. The molecule has 8 nitrogen and oxygen atoms in total. The van der Waals surface area contributed by atoms with Crippen LogP contribution in [0.25, 0.3) is 17.2 Å².